The van der Waals surface area contributed by atoms with Crippen LogP contribution in [0.2, 0.25) is 0 Å². The number of nitrogens with one attached hydrogen (secondary N) is 1. The van der Waals surface area contributed by atoms with Gasteiger partial charge < -0.3 is 9.84 Å². The van der Waals surface area contributed by atoms with Gasteiger partial charge in [0.2, 0.25) is 5.89 Å². The summed E-state index contributed by atoms with van der Waals surface area (Å²) in [5, 5.41) is 10.3. The van der Waals surface area contributed by atoms with Crippen LogP contribution in [0.15, 0.2) is 10.6 Å². The molecule has 0 bridgehead atoms. The van der Waals surface area contributed by atoms with Gasteiger partial charge in [-0.15, -0.1) is 5.10 Å². The molecule has 11 heteroatoms. The largest absolute Gasteiger partial charge is 0.453 e. The number of aromatic nitrogens is 6. The first-order chi connectivity index (χ1) is 11.7. The van der Waals surface area contributed by atoms with Crippen LogP contribution in [0.4, 0.5) is 19.0 Å². The fourth-order valence-corrected chi connectivity index (χ4v) is 2.13. The van der Waals surface area contributed by atoms with E-state index in [9.17, 15) is 13.2 Å². The molecule has 0 atom stereocenters. The molecule has 0 radical (unpaired) electrons. The van der Waals surface area contributed by atoms with Crippen LogP contribution in [0, 0.1) is 6.92 Å². The van der Waals surface area contributed by atoms with Crippen molar-refractivity contribution in [1.29, 1.82) is 0 Å². The lowest BCUT2D eigenvalue weighted by molar-refractivity contribution is -0.144. The molecule has 3 heterocycles. The third-order valence-electron chi connectivity index (χ3n) is 3.34. The van der Waals surface area contributed by atoms with Gasteiger partial charge >= 0.3 is 6.18 Å². The van der Waals surface area contributed by atoms with Crippen LogP contribution in [-0.4, -0.2) is 36.3 Å². The molecule has 0 saturated heterocycles. The Morgan fingerprint density at radius 1 is 1.24 bits per heavy atom. The number of rotatable bonds is 5. The highest BCUT2D eigenvalue weighted by Crippen LogP contribution is 2.27. The number of halogens is 3. The maximum absolute atomic E-state index is 12.8. The Kier molecular flexibility index (Phi) is 4.31. The first-order valence-corrected chi connectivity index (χ1v) is 7.62. The molecule has 0 aliphatic carbocycles. The second-order valence-corrected chi connectivity index (χ2v) is 5.81. The molecule has 134 valence electrons. The molecular formula is C14H16F3N7O. The molecule has 1 N–H and O–H groups in total. The number of hydrogen-bond donors (Lipinski definition) is 1. The third kappa shape index (κ3) is 3.69. The number of nitrogens with zero attached hydrogens (tertiary/aromatic N) is 6. The van der Waals surface area contributed by atoms with Crippen molar-refractivity contribution < 1.29 is 17.7 Å². The zero-order chi connectivity index (χ0) is 18.2. The smallest absolute Gasteiger partial charge is 0.369 e. The maximum Gasteiger partial charge on any atom is 0.453 e. The Balaban J connectivity index is 1.77. The van der Waals surface area contributed by atoms with Crippen LogP contribution in [0.25, 0.3) is 5.78 Å². The van der Waals surface area contributed by atoms with Crippen LogP contribution < -0.4 is 5.32 Å². The minimum atomic E-state index is -4.63. The van der Waals surface area contributed by atoms with Gasteiger partial charge in [-0.25, -0.2) is 4.98 Å². The van der Waals surface area contributed by atoms with E-state index >= 15 is 0 Å². The summed E-state index contributed by atoms with van der Waals surface area (Å²) in [7, 11) is 0. The molecule has 0 aliphatic heterocycles. The second kappa shape index (κ2) is 6.30. The lowest BCUT2D eigenvalue weighted by atomic mass is 10.2. The Morgan fingerprint density at radius 3 is 2.64 bits per heavy atom. The monoisotopic (exact) mass is 355 g/mol. The summed E-state index contributed by atoms with van der Waals surface area (Å²) >= 11 is 0. The molecule has 3 rings (SSSR count). The van der Waals surface area contributed by atoms with E-state index in [1.165, 1.54) is 0 Å². The summed E-state index contributed by atoms with van der Waals surface area (Å²) < 4.78 is 44.5. The predicted octanol–water partition coefficient (Wildman–Crippen LogP) is 2.61. The van der Waals surface area contributed by atoms with Crippen LogP contribution in [0.3, 0.4) is 0 Å². The molecule has 3 aromatic rings. The van der Waals surface area contributed by atoms with Crippen LogP contribution in [0.5, 0.6) is 0 Å². The van der Waals surface area contributed by atoms with Crippen molar-refractivity contribution in [3.63, 3.8) is 0 Å². The molecule has 0 unspecified atom stereocenters. The van der Waals surface area contributed by atoms with E-state index in [0.29, 0.717) is 36.2 Å². The zero-order valence-corrected chi connectivity index (χ0v) is 13.8. The molecule has 0 amide bonds. The average molecular weight is 355 g/mol. The normalized spacial score (nSPS) is 12.3. The molecule has 8 nitrogen and oxygen atoms in total. The van der Waals surface area contributed by atoms with Crippen molar-refractivity contribution in [2.24, 2.45) is 0 Å². The average Bonchev–Trinajstić information content (AvgIpc) is 3.13. The van der Waals surface area contributed by atoms with Gasteiger partial charge in [0.15, 0.2) is 5.82 Å². The highest BCUT2D eigenvalue weighted by atomic mass is 19.4. The third-order valence-corrected chi connectivity index (χ3v) is 3.34. The lowest BCUT2D eigenvalue weighted by Gasteiger charge is -2.07. The van der Waals surface area contributed by atoms with Gasteiger partial charge in [-0.2, -0.15) is 27.7 Å². The predicted molar refractivity (Wildman–Crippen MR) is 81.1 cm³/mol. The molecule has 0 spiro atoms. The molecule has 25 heavy (non-hydrogen) atoms. The van der Waals surface area contributed by atoms with Crippen molar-refractivity contribution in [3.8, 4) is 0 Å². The minimum Gasteiger partial charge on any atom is -0.369 e. The van der Waals surface area contributed by atoms with E-state index < -0.39 is 12.0 Å². The fraction of sp³-hybridized carbons (Fsp3) is 0.500. The Bertz CT molecular complexity index is 884. The van der Waals surface area contributed by atoms with Gasteiger partial charge in [-0.3, -0.25) is 0 Å². The molecule has 0 aliphatic rings. The van der Waals surface area contributed by atoms with E-state index in [-0.39, 0.29) is 11.7 Å². The topological polar surface area (TPSA) is 94.0 Å². The number of fused-ring (bicyclic) bond motifs is 1. The lowest BCUT2D eigenvalue weighted by Crippen LogP contribution is -2.11. The number of hydrogen-bond acceptors (Lipinski definition) is 7. The summed E-state index contributed by atoms with van der Waals surface area (Å²) in [4.78, 5) is 11.6. The van der Waals surface area contributed by atoms with Crippen LogP contribution in [0.1, 0.15) is 43.0 Å². The van der Waals surface area contributed by atoms with Crippen molar-refractivity contribution >= 4 is 11.6 Å². The van der Waals surface area contributed by atoms with Crippen LogP contribution in [-0.2, 0) is 12.6 Å². The van der Waals surface area contributed by atoms with Gasteiger partial charge in [-0.05, 0) is 6.92 Å². The van der Waals surface area contributed by atoms with Crippen molar-refractivity contribution in [1.82, 2.24) is 29.7 Å². The number of anilines is 1. The second-order valence-electron chi connectivity index (χ2n) is 5.81. The Hall–Kier alpha value is -2.72. The van der Waals surface area contributed by atoms with E-state index in [4.69, 9.17) is 4.52 Å². The molecular weight excluding hydrogens is 339 g/mol. The minimum absolute atomic E-state index is 0.116. The quantitative estimate of drug-likeness (QED) is 0.752. The Labute approximate surface area is 140 Å². The van der Waals surface area contributed by atoms with Crippen LogP contribution >= 0.6 is 0 Å². The molecule has 0 aromatic carbocycles. The summed E-state index contributed by atoms with van der Waals surface area (Å²) in [5.41, 5.74) is 0.524. The SMILES string of the molecule is Cc1cc(NCCc2nc(C(C)C)no2)n2nc(C(F)(F)F)nc2n1. The summed E-state index contributed by atoms with van der Waals surface area (Å²) in [6.07, 6.45) is -4.21. The molecule has 3 aromatic heterocycles. The molecule has 0 saturated carbocycles. The Morgan fingerprint density at radius 2 is 2.00 bits per heavy atom. The number of alkyl halides is 3. The molecule has 0 fully saturated rings. The van der Waals surface area contributed by atoms with Gasteiger partial charge in [0, 0.05) is 30.6 Å². The van der Waals surface area contributed by atoms with E-state index in [2.05, 4.69) is 30.5 Å². The van der Waals surface area contributed by atoms with Gasteiger partial charge in [0.25, 0.3) is 11.6 Å². The number of aryl methyl sites for hydroxylation is 1. The van der Waals surface area contributed by atoms with Gasteiger partial charge in [0.05, 0.1) is 0 Å². The van der Waals surface area contributed by atoms with Gasteiger partial charge in [0.1, 0.15) is 5.82 Å². The standard InChI is InChI=1S/C14H16F3N7O/c1-7(2)11-20-10(25-23-11)4-5-18-9-6-8(3)19-13-21-12(14(15,16)17)22-24(9)13/h6-7,18H,4-5H2,1-3H3. The van der Waals surface area contributed by atoms with Crippen molar-refractivity contribution in [2.75, 3.05) is 11.9 Å². The summed E-state index contributed by atoms with van der Waals surface area (Å²) in [5.74, 6) is 0.232. The first-order valence-electron chi connectivity index (χ1n) is 7.62. The van der Waals surface area contributed by atoms with E-state index in [0.717, 1.165) is 4.52 Å². The van der Waals surface area contributed by atoms with E-state index in [1.807, 2.05) is 13.8 Å². The zero-order valence-electron chi connectivity index (χ0n) is 13.8. The van der Waals surface area contributed by atoms with Crippen molar-refractivity contribution in [3.05, 3.63) is 29.3 Å². The highest BCUT2D eigenvalue weighted by Gasteiger charge is 2.36. The summed E-state index contributed by atoms with van der Waals surface area (Å²) in [6.45, 7) is 5.94. The van der Waals surface area contributed by atoms with Gasteiger partial charge in [-0.1, -0.05) is 19.0 Å². The highest BCUT2D eigenvalue weighted by molar-refractivity contribution is 5.45. The van der Waals surface area contributed by atoms with E-state index in [1.54, 1.807) is 13.0 Å². The van der Waals surface area contributed by atoms with Crippen molar-refractivity contribution in [2.45, 2.75) is 39.3 Å². The first kappa shape index (κ1) is 17.1. The fourth-order valence-electron chi connectivity index (χ4n) is 2.13. The summed E-state index contributed by atoms with van der Waals surface area (Å²) in [6, 6.07) is 1.59. The maximum atomic E-state index is 12.8.